The van der Waals surface area contributed by atoms with E-state index in [0.29, 0.717) is 24.2 Å². The number of amides is 1. The average Bonchev–Trinajstić information content (AvgIpc) is 3.21. The van der Waals surface area contributed by atoms with E-state index in [1.807, 2.05) is 12.1 Å². The van der Waals surface area contributed by atoms with Gasteiger partial charge in [-0.1, -0.05) is 24.3 Å². The molecule has 0 atom stereocenters. The van der Waals surface area contributed by atoms with E-state index in [9.17, 15) is 17.6 Å². The smallest absolute Gasteiger partial charge is 0.264 e. The summed E-state index contributed by atoms with van der Waals surface area (Å²) in [5.41, 5.74) is 2.35. The van der Waals surface area contributed by atoms with Crippen LogP contribution >= 0.6 is 0 Å². The van der Waals surface area contributed by atoms with E-state index in [-0.39, 0.29) is 21.9 Å². The summed E-state index contributed by atoms with van der Waals surface area (Å²) in [7, 11) is -2.49. The lowest BCUT2D eigenvalue weighted by Gasteiger charge is -2.20. The Morgan fingerprint density at radius 1 is 1.10 bits per heavy atom. The summed E-state index contributed by atoms with van der Waals surface area (Å²) in [6.45, 7) is 1.95. The van der Waals surface area contributed by atoms with Crippen LogP contribution in [0, 0.1) is 12.7 Å². The molecule has 0 spiro atoms. The molecule has 0 fully saturated rings. The summed E-state index contributed by atoms with van der Waals surface area (Å²) in [4.78, 5) is 12.8. The van der Waals surface area contributed by atoms with Crippen LogP contribution in [0.15, 0.2) is 65.6 Å². The third kappa shape index (κ3) is 3.86. The fourth-order valence-corrected chi connectivity index (χ4v) is 5.11. The van der Waals surface area contributed by atoms with Crippen LogP contribution in [-0.4, -0.2) is 28.0 Å². The quantitative estimate of drug-likeness (QED) is 0.647. The van der Waals surface area contributed by atoms with Crippen molar-refractivity contribution in [1.82, 2.24) is 0 Å². The Hall–Kier alpha value is -3.39. The van der Waals surface area contributed by atoms with Gasteiger partial charge in [-0.05, 0) is 60.9 Å². The molecular formula is C23H21FN2O4S. The highest BCUT2D eigenvalue weighted by atomic mass is 32.2. The van der Waals surface area contributed by atoms with Gasteiger partial charge < -0.3 is 10.1 Å². The second kappa shape index (κ2) is 8.03. The van der Waals surface area contributed by atoms with Crippen molar-refractivity contribution >= 4 is 27.3 Å². The summed E-state index contributed by atoms with van der Waals surface area (Å²) < 4.78 is 47.1. The predicted octanol–water partition coefficient (Wildman–Crippen LogP) is 4.15. The van der Waals surface area contributed by atoms with Crippen LogP contribution in [0.1, 0.15) is 21.5 Å². The van der Waals surface area contributed by atoms with E-state index < -0.39 is 21.7 Å². The monoisotopic (exact) mass is 440 g/mol. The molecule has 1 heterocycles. The number of ether oxygens (including phenoxy) is 1. The highest BCUT2D eigenvalue weighted by Crippen LogP contribution is 2.34. The van der Waals surface area contributed by atoms with Gasteiger partial charge in [-0.25, -0.2) is 12.8 Å². The Bertz CT molecular complexity index is 1270. The first-order chi connectivity index (χ1) is 14.8. The summed E-state index contributed by atoms with van der Waals surface area (Å²) in [5, 5.41) is 2.60. The minimum Gasteiger partial charge on any atom is -0.496 e. The molecule has 4 rings (SSSR count). The zero-order chi connectivity index (χ0) is 22.2. The number of nitrogens with one attached hydrogen (secondary N) is 1. The first-order valence-electron chi connectivity index (χ1n) is 9.67. The summed E-state index contributed by atoms with van der Waals surface area (Å²) in [6.07, 6.45) is 0.623. The first kappa shape index (κ1) is 20.9. The van der Waals surface area contributed by atoms with Crippen molar-refractivity contribution in [1.29, 1.82) is 0 Å². The normalized spacial score (nSPS) is 13.1. The lowest BCUT2D eigenvalue weighted by atomic mass is 10.1. The summed E-state index contributed by atoms with van der Waals surface area (Å²) >= 11 is 0. The minimum absolute atomic E-state index is 0.0229. The van der Waals surface area contributed by atoms with Gasteiger partial charge in [0.15, 0.2) is 0 Å². The molecular weight excluding hydrogens is 419 g/mol. The van der Waals surface area contributed by atoms with E-state index in [1.165, 1.54) is 35.7 Å². The van der Waals surface area contributed by atoms with Gasteiger partial charge in [0, 0.05) is 12.2 Å². The zero-order valence-corrected chi connectivity index (χ0v) is 17.9. The molecule has 1 N–H and O–H groups in total. The van der Waals surface area contributed by atoms with Crippen LogP contribution in [0.3, 0.4) is 0 Å². The molecule has 0 bridgehead atoms. The van der Waals surface area contributed by atoms with Crippen molar-refractivity contribution < 1.29 is 22.3 Å². The summed E-state index contributed by atoms with van der Waals surface area (Å²) in [5.74, 6) is -0.835. The molecule has 1 amide bonds. The molecule has 8 heteroatoms. The predicted molar refractivity (Wildman–Crippen MR) is 117 cm³/mol. The number of fused-ring (bicyclic) bond motifs is 1. The lowest BCUT2D eigenvalue weighted by molar-refractivity contribution is 0.102. The van der Waals surface area contributed by atoms with Gasteiger partial charge in [-0.2, -0.15) is 0 Å². The second-order valence-electron chi connectivity index (χ2n) is 7.24. The fraction of sp³-hybridized carbons (Fsp3) is 0.174. The fourth-order valence-electron chi connectivity index (χ4n) is 3.58. The Labute approximate surface area is 180 Å². The third-order valence-corrected chi connectivity index (χ3v) is 7.09. The lowest BCUT2D eigenvalue weighted by Crippen LogP contribution is -2.29. The Kier molecular flexibility index (Phi) is 5.41. The molecule has 0 saturated heterocycles. The number of methoxy groups -OCH3 is 1. The van der Waals surface area contributed by atoms with Gasteiger partial charge in [0.1, 0.15) is 11.6 Å². The molecule has 1 aliphatic heterocycles. The number of rotatable bonds is 5. The molecule has 0 aromatic heterocycles. The molecule has 3 aromatic carbocycles. The SMILES string of the molecule is COc1ccc(S(=O)(=O)N2CCc3ccccc32)cc1C(=O)Nc1ccc(C)c(F)c1. The van der Waals surface area contributed by atoms with Crippen LogP contribution in [0.2, 0.25) is 0 Å². The third-order valence-electron chi connectivity index (χ3n) is 5.28. The van der Waals surface area contributed by atoms with Crippen molar-refractivity contribution in [2.24, 2.45) is 0 Å². The maximum Gasteiger partial charge on any atom is 0.264 e. The number of halogens is 1. The largest absolute Gasteiger partial charge is 0.496 e. The molecule has 3 aromatic rings. The Morgan fingerprint density at radius 3 is 2.61 bits per heavy atom. The number of aryl methyl sites for hydroxylation is 1. The highest BCUT2D eigenvalue weighted by Gasteiger charge is 2.31. The van der Waals surface area contributed by atoms with Gasteiger partial charge in [-0.15, -0.1) is 0 Å². The van der Waals surface area contributed by atoms with Crippen LogP contribution in [-0.2, 0) is 16.4 Å². The van der Waals surface area contributed by atoms with E-state index >= 15 is 0 Å². The maximum atomic E-state index is 13.8. The first-order valence-corrected chi connectivity index (χ1v) is 11.1. The van der Waals surface area contributed by atoms with Crippen molar-refractivity contribution in [2.75, 3.05) is 23.3 Å². The van der Waals surface area contributed by atoms with Crippen molar-refractivity contribution in [3.05, 3.63) is 83.2 Å². The Balaban J connectivity index is 1.69. The van der Waals surface area contributed by atoms with E-state index in [1.54, 1.807) is 31.2 Å². The summed E-state index contributed by atoms with van der Waals surface area (Å²) in [6, 6.07) is 15.8. The van der Waals surface area contributed by atoms with Gasteiger partial charge in [-0.3, -0.25) is 9.10 Å². The molecule has 31 heavy (non-hydrogen) atoms. The topological polar surface area (TPSA) is 75.7 Å². The van der Waals surface area contributed by atoms with Crippen LogP contribution in [0.25, 0.3) is 0 Å². The standard InChI is InChI=1S/C23H21FN2O4S/c1-15-7-8-17(13-20(15)24)25-23(27)19-14-18(9-10-22(19)30-2)31(28,29)26-12-11-16-5-3-4-6-21(16)26/h3-10,13-14H,11-12H2,1-2H3,(H,25,27). The molecule has 160 valence electrons. The molecule has 0 saturated carbocycles. The number of hydrogen-bond donors (Lipinski definition) is 1. The number of para-hydroxylation sites is 1. The maximum absolute atomic E-state index is 13.8. The van der Waals surface area contributed by atoms with Gasteiger partial charge in [0.25, 0.3) is 15.9 Å². The second-order valence-corrected chi connectivity index (χ2v) is 9.10. The van der Waals surface area contributed by atoms with E-state index in [2.05, 4.69) is 5.32 Å². The van der Waals surface area contributed by atoms with Crippen molar-refractivity contribution in [3.8, 4) is 5.75 Å². The van der Waals surface area contributed by atoms with Gasteiger partial charge in [0.05, 0.1) is 23.3 Å². The van der Waals surface area contributed by atoms with E-state index in [4.69, 9.17) is 4.74 Å². The minimum atomic E-state index is -3.88. The van der Waals surface area contributed by atoms with Crippen LogP contribution in [0.4, 0.5) is 15.8 Å². The zero-order valence-electron chi connectivity index (χ0n) is 17.1. The van der Waals surface area contributed by atoms with Crippen LogP contribution in [0.5, 0.6) is 5.75 Å². The highest BCUT2D eigenvalue weighted by molar-refractivity contribution is 7.92. The Morgan fingerprint density at radius 2 is 1.87 bits per heavy atom. The number of benzene rings is 3. The average molecular weight is 440 g/mol. The molecule has 0 unspecified atom stereocenters. The molecule has 0 radical (unpaired) electrons. The molecule has 6 nitrogen and oxygen atoms in total. The number of anilines is 2. The number of sulfonamides is 1. The molecule has 1 aliphatic rings. The van der Waals surface area contributed by atoms with Crippen molar-refractivity contribution in [3.63, 3.8) is 0 Å². The van der Waals surface area contributed by atoms with Crippen LogP contribution < -0.4 is 14.4 Å². The van der Waals surface area contributed by atoms with E-state index in [0.717, 1.165) is 5.56 Å². The number of nitrogens with zero attached hydrogens (tertiary/aromatic N) is 1. The van der Waals surface area contributed by atoms with Gasteiger partial charge >= 0.3 is 0 Å². The van der Waals surface area contributed by atoms with Crippen molar-refractivity contribution in [2.45, 2.75) is 18.2 Å². The van der Waals surface area contributed by atoms with Gasteiger partial charge in [0.2, 0.25) is 0 Å². The number of carbonyl (C=O) groups is 1. The molecule has 0 aliphatic carbocycles. The number of hydrogen-bond acceptors (Lipinski definition) is 4. The number of carbonyl (C=O) groups excluding carboxylic acids is 1.